The Kier molecular flexibility index (Phi) is 7.28. The highest BCUT2D eigenvalue weighted by Gasteiger charge is 2.29. The Hall–Kier alpha value is -4.16. The molecule has 6 rings (SSSR count). The molecule has 2 aliphatic heterocycles. The van der Waals surface area contributed by atoms with Crippen LogP contribution < -0.4 is 10.1 Å². The lowest BCUT2D eigenvalue weighted by Crippen LogP contribution is -2.28. The quantitative estimate of drug-likeness (QED) is 0.279. The monoisotopic (exact) mass is 518 g/mol. The minimum atomic E-state index is -0.0913. The number of nitrogens with one attached hydrogen (secondary N) is 2. The predicted molar refractivity (Wildman–Crippen MR) is 157 cm³/mol. The van der Waals surface area contributed by atoms with Crippen LogP contribution in [0.1, 0.15) is 59.7 Å². The van der Waals surface area contributed by atoms with Gasteiger partial charge in [0.1, 0.15) is 5.75 Å². The Balaban J connectivity index is 1.14. The Labute approximate surface area is 229 Å². The van der Waals surface area contributed by atoms with E-state index < -0.39 is 0 Å². The second-order valence-corrected chi connectivity index (χ2v) is 10.5. The number of hydrogen-bond acceptors (Lipinski definition) is 4. The van der Waals surface area contributed by atoms with Crippen LogP contribution in [-0.4, -0.2) is 41.2 Å². The summed E-state index contributed by atoms with van der Waals surface area (Å²) in [5.41, 5.74) is 7.09. The van der Waals surface area contributed by atoms with Crippen molar-refractivity contribution < 1.29 is 9.53 Å². The lowest BCUT2D eigenvalue weighted by molar-refractivity contribution is -0.116. The van der Waals surface area contributed by atoms with E-state index in [4.69, 9.17) is 4.74 Å². The zero-order valence-corrected chi connectivity index (χ0v) is 22.3. The lowest BCUT2D eigenvalue weighted by atomic mass is 10.0. The first kappa shape index (κ1) is 25.1. The van der Waals surface area contributed by atoms with Crippen LogP contribution in [0.3, 0.4) is 0 Å². The van der Waals surface area contributed by atoms with Crippen LogP contribution in [0.2, 0.25) is 0 Å². The molecule has 0 aliphatic carbocycles. The zero-order chi connectivity index (χ0) is 26.6. The summed E-state index contributed by atoms with van der Waals surface area (Å²) in [6.07, 6.45) is 10.7. The van der Waals surface area contributed by atoms with Crippen LogP contribution in [0.15, 0.2) is 72.3 Å². The first-order chi connectivity index (χ1) is 19.2. The number of aromatic amines is 1. The van der Waals surface area contributed by atoms with E-state index >= 15 is 0 Å². The Bertz CT molecular complexity index is 1530. The molecule has 198 valence electrons. The number of methoxy groups -OCH3 is 1. The van der Waals surface area contributed by atoms with Gasteiger partial charge in [-0.15, -0.1) is 0 Å². The molecule has 6 heteroatoms. The van der Waals surface area contributed by atoms with Crippen molar-refractivity contribution in [2.45, 2.75) is 38.3 Å². The van der Waals surface area contributed by atoms with Gasteiger partial charge in [0, 0.05) is 29.5 Å². The van der Waals surface area contributed by atoms with Gasteiger partial charge >= 0.3 is 0 Å². The van der Waals surface area contributed by atoms with E-state index in [1.54, 1.807) is 7.11 Å². The SMILES string of the molecule is COc1ccccc1C1C/C(=C\c2ccc3c(/C=C/c4ccc(CN5CCCCC5)cc4)n[nH]c3c2)C(=O)N1. The first-order valence-electron chi connectivity index (χ1n) is 13.8. The molecule has 39 heavy (non-hydrogen) atoms. The third kappa shape index (κ3) is 5.66. The maximum absolute atomic E-state index is 12.7. The van der Waals surface area contributed by atoms with Gasteiger partial charge in [0.2, 0.25) is 5.91 Å². The molecule has 6 nitrogen and oxygen atoms in total. The maximum atomic E-state index is 12.7. The predicted octanol–water partition coefficient (Wildman–Crippen LogP) is 6.37. The molecule has 0 saturated carbocycles. The van der Waals surface area contributed by atoms with E-state index in [0.717, 1.165) is 51.2 Å². The molecule has 0 spiro atoms. The zero-order valence-electron chi connectivity index (χ0n) is 22.3. The summed E-state index contributed by atoms with van der Waals surface area (Å²) in [5, 5.41) is 11.8. The van der Waals surface area contributed by atoms with Crippen LogP contribution >= 0.6 is 0 Å². The van der Waals surface area contributed by atoms with Gasteiger partial charge in [0.05, 0.1) is 24.4 Å². The molecular weight excluding hydrogens is 484 g/mol. The van der Waals surface area contributed by atoms with Crippen molar-refractivity contribution in [3.05, 3.63) is 100 Å². The van der Waals surface area contributed by atoms with Gasteiger partial charge in [0.25, 0.3) is 0 Å². The second kappa shape index (κ2) is 11.3. The molecule has 0 bridgehead atoms. The van der Waals surface area contributed by atoms with Crippen molar-refractivity contribution in [2.75, 3.05) is 20.2 Å². The molecule has 3 aromatic carbocycles. The first-order valence-corrected chi connectivity index (χ1v) is 13.8. The third-order valence-electron chi connectivity index (χ3n) is 7.76. The standard InChI is InChI=1S/C33H34N4O2/c1-39-32-8-4-3-7-28(32)30-21-26(33(38)34-30)19-25-13-15-27-29(35-36-31(27)20-25)16-14-23-9-11-24(12-10-23)22-37-17-5-2-6-18-37/h3-4,7-16,19-20,30H,2,5-6,17-18,21-22H2,1H3,(H,34,38)(H,35,36)/b16-14+,26-19+. The highest BCUT2D eigenvalue weighted by molar-refractivity contribution is 6.01. The fourth-order valence-electron chi connectivity index (χ4n) is 5.64. The van der Waals surface area contributed by atoms with Crippen molar-refractivity contribution in [1.82, 2.24) is 20.4 Å². The fourth-order valence-corrected chi connectivity index (χ4v) is 5.64. The van der Waals surface area contributed by atoms with Crippen molar-refractivity contribution in [1.29, 1.82) is 0 Å². The van der Waals surface area contributed by atoms with Crippen LogP contribution in [0.25, 0.3) is 29.1 Å². The molecule has 2 saturated heterocycles. The van der Waals surface area contributed by atoms with E-state index in [1.165, 1.54) is 37.9 Å². The number of ether oxygens (including phenoxy) is 1. The van der Waals surface area contributed by atoms with E-state index in [1.807, 2.05) is 42.5 Å². The highest BCUT2D eigenvalue weighted by Crippen LogP contribution is 2.34. The normalized spacial score (nSPS) is 19.3. The number of amides is 1. The number of hydrogen-bond donors (Lipinski definition) is 2. The van der Waals surface area contributed by atoms with Gasteiger partial charge < -0.3 is 10.1 Å². The number of piperidine rings is 1. The molecule has 3 heterocycles. The highest BCUT2D eigenvalue weighted by atomic mass is 16.5. The Morgan fingerprint density at radius 2 is 1.77 bits per heavy atom. The molecule has 1 atom stereocenters. The largest absolute Gasteiger partial charge is 0.496 e. The van der Waals surface area contributed by atoms with Gasteiger partial charge in [-0.1, -0.05) is 61.0 Å². The molecule has 2 N–H and O–H groups in total. The van der Waals surface area contributed by atoms with Crippen LogP contribution in [0, 0.1) is 0 Å². The number of likely N-dealkylation sites (tertiary alicyclic amines) is 1. The summed E-state index contributed by atoms with van der Waals surface area (Å²) in [7, 11) is 1.66. The molecule has 0 radical (unpaired) electrons. The summed E-state index contributed by atoms with van der Waals surface area (Å²) in [5.74, 6) is 0.748. The van der Waals surface area contributed by atoms with E-state index in [-0.39, 0.29) is 11.9 Å². The topological polar surface area (TPSA) is 70.2 Å². The minimum absolute atomic E-state index is 0.0406. The third-order valence-corrected chi connectivity index (χ3v) is 7.76. The van der Waals surface area contributed by atoms with Crippen molar-refractivity contribution >= 4 is 35.0 Å². The van der Waals surface area contributed by atoms with Crippen LogP contribution in [0.4, 0.5) is 0 Å². The number of benzene rings is 3. The van der Waals surface area contributed by atoms with Crippen LogP contribution in [0.5, 0.6) is 5.75 Å². The fraction of sp³-hybridized carbons (Fsp3) is 0.273. The number of rotatable bonds is 7. The number of carbonyl (C=O) groups is 1. The number of nitrogens with zero attached hydrogens (tertiary/aromatic N) is 2. The maximum Gasteiger partial charge on any atom is 0.247 e. The number of aromatic nitrogens is 2. The average molecular weight is 519 g/mol. The van der Waals surface area contributed by atoms with E-state index in [0.29, 0.717) is 6.42 Å². The average Bonchev–Trinajstić information content (AvgIpc) is 3.55. The van der Waals surface area contributed by atoms with Crippen molar-refractivity contribution in [3.8, 4) is 5.75 Å². The van der Waals surface area contributed by atoms with Crippen molar-refractivity contribution in [2.24, 2.45) is 0 Å². The summed E-state index contributed by atoms with van der Waals surface area (Å²) < 4.78 is 5.49. The van der Waals surface area contributed by atoms with Gasteiger partial charge in [0.15, 0.2) is 0 Å². The summed E-state index contributed by atoms with van der Waals surface area (Å²) >= 11 is 0. The number of carbonyl (C=O) groups excluding carboxylic acids is 1. The Morgan fingerprint density at radius 1 is 0.974 bits per heavy atom. The minimum Gasteiger partial charge on any atom is -0.496 e. The smallest absolute Gasteiger partial charge is 0.247 e. The number of H-pyrrole nitrogens is 1. The van der Waals surface area contributed by atoms with Crippen LogP contribution in [-0.2, 0) is 11.3 Å². The van der Waals surface area contributed by atoms with Gasteiger partial charge in [-0.3, -0.25) is 14.8 Å². The van der Waals surface area contributed by atoms with E-state index in [2.05, 4.69) is 62.9 Å². The second-order valence-electron chi connectivity index (χ2n) is 10.5. The van der Waals surface area contributed by atoms with E-state index in [9.17, 15) is 4.79 Å². The summed E-state index contributed by atoms with van der Waals surface area (Å²) in [4.78, 5) is 15.3. The van der Waals surface area contributed by atoms with Gasteiger partial charge in [-0.25, -0.2) is 0 Å². The Morgan fingerprint density at radius 3 is 2.59 bits per heavy atom. The molecule has 2 aliphatic rings. The molecule has 4 aromatic rings. The molecule has 1 unspecified atom stereocenters. The summed E-state index contributed by atoms with van der Waals surface area (Å²) in [6, 6.07) is 22.7. The molecule has 1 aromatic heterocycles. The number of para-hydroxylation sites is 1. The van der Waals surface area contributed by atoms with Gasteiger partial charge in [-0.2, -0.15) is 5.10 Å². The summed E-state index contributed by atoms with van der Waals surface area (Å²) in [6.45, 7) is 3.46. The lowest BCUT2D eigenvalue weighted by Gasteiger charge is -2.26. The van der Waals surface area contributed by atoms with Gasteiger partial charge in [-0.05, 0) is 73.0 Å². The number of fused-ring (bicyclic) bond motifs is 1. The molecule has 2 fully saturated rings. The molecular formula is C33H34N4O2. The molecule has 1 amide bonds. The van der Waals surface area contributed by atoms with Crippen molar-refractivity contribution in [3.63, 3.8) is 0 Å².